The number of benzene rings is 2. The lowest BCUT2D eigenvalue weighted by Crippen LogP contribution is -2.26. The monoisotopic (exact) mass is 382 g/mol. The van der Waals surface area contributed by atoms with Crippen LogP contribution in [0.5, 0.6) is 0 Å². The maximum absolute atomic E-state index is 12.5. The highest BCUT2D eigenvalue weighted by molar-refractivity contribution is 7.89. The summed E-state index contributed by atoms with van der Waals surface area (Å²) < 4.78 is 27.5. The molecule has 6 nitrogen and oxygen atoms in total. The third kappa shape index (κ3) is 5.54. The van der Waals surface area contributed by atoms with Gasteiger partial charge in [-0.15, -0.1) is 0 Å². The fourth-order valence-electron chi connectivity index (χ4n) is 2.09. The highest BCUT2D eigenvalue weighted by Gasteiger charge is 2.20. The highest BCUT2D eigenvalue weighted by Crippen LogP contribution is 2.23. The molecule has 3 N–H and O–H groups in total. The largest absolute Gasteiger partial charge is 0.396 e. The lowest BCUT2D eigenvalue weighted by molar-refractivity contribution is 0.0951. The molecule has 2 rings (SSSR count). The number of sulfonamides is 1. The molecule has 2 aromatic rings. The third-order valence-electron chi connectivity index (χ3n) is 3.41. The Morgan fingerprint density at radius 2 is 1.84 bits per heavy atom. The maximum atomic E-state index is 12.5. The molecule has 134 valence electrons. The molecule has 0 bridgehead atoms. The molecule has 8 heteroatoms. The van der Waals surface area contributed by atoms with Gasteiger partial charge >= 0.3 is 0 Å². The average molecular weight is 383 g/mol. The van der Waals surface area contributed by atoms with Crippen LogP contribution in [-0.4, -0.2) is 32.6 Å². The molecule has 0 radical (unpaired) electrons. The van der Waals surface area contributed by atoms with Gasteiger partial charge in [-0.1, -0.05) is 41.9 Å². The van der Waals surface area contributed by atoms with Crippen molar-refractivity contribution in [1.82, 2.24) is 10.0 Å². The first-order valence-electron chi connectivity index (χ1n) is 7.66. The molecule has 1 amide bonds. The van der Waals surface area contributed by atoms with E-state index in [1.165, 1.54) is 18.2 Å². The van der Waals surface area contributed by atoms with Crippen LogP contribution in [0.15, 0.2) is 53.4 Å². The fourth-order valence-corrected chi connectivity index (χ4v) is 3.63. The number of hydrogen-bond donors (Lipinski definition) is 3. The summed E-state index contributed by atoms with van der Waals surface area (Å²) in [7, 11) is -3.87. The average Bonchev–Trinajstić information content (AvgIpc) is 2.61. The maximum Gasteiger partial charge on any atom is 0.251 e. The molecule has 0 atom stereocenters. The normalized spacial score (nSPS) is 11.3. The Morgan fingerprint density at radius 3 is 2.52 bits per heavy atom. The first-order valence-corrected chi connectivity index (χ1v) is 9.52. The Labute approximate surface area is 151 Å². The standard InChI is InChI=1S/C17H19ClN2O4S/c18-15-8-7-14(17(22)19-9-4-10-21)11-16(15)25(23,24)20-12-13-5-2-1-3-6-13/h1-3,5-8,11,20-21H,4,9-10,12H2,(H,19,22). The fraction of sp³-hybridized carbons (Fsp3) is 0.235. The lowest BCUT2D eigenvalue weighted by Gasteiger charge is -2.11. The van der Waals surface area contributed by atoms with Crippen molar-refractivity contribution < 1.29 is 18.3 Å². The molecule has 0 spiro atoms. The summed E-state index contributed by atoms with van der Waals surface area (Å²) in [5.74, 6) is -0.426. The SMILES string of the molecule is O=C(NCCCO)c1ccc(Cl)c(S(=O)(=O)NCc2ccccc2)c1. The topological polar surface area (TPSA) is 95.5 Å². The van der Waals surface area contributed by atoms with Crippen LogP contribution in [-0.2, 0) is 16.6 Å². The van der Waals surface area contributed by atoms with E-state index in [0.717, 1.165) is 5.56 Å². The molecule has 0 fully saturated rings. The van der Waals surface area contributed by atoms with Gasteiger partial charge in [-0.2, -0.15) is 0 Å². The summed E-state index contributed by atoms with van der Waals surface area (Å²) in [6, 6.07) is 13.1. The number of carbonyl (C=O) groups excluding carboxylic acids is 1. The predicted molar refractivity (Wildman–Crippen MR) is 96.0 cm³/mol. The van der Waals surface area contributed by atoms with E-state index in [1.807, 2.05) is 18.2 Å². The number of carbonyl (C=O) groups is 1. The van der Waals surface area contributed by atoms with Crippen LogP contribution in [0.25, 0.3) is 0 Å². The first-order chi connectivity index (χ1) is 11.9. The van der Waals surface area contributed by atoms with E-state index >= 15 is 0 Å². The number of aliphatic hydroxyl groups is 1. The molecular weight excluding hydrogens is 364 g/mol. The van der Waals surface area contributed by atoms with Gasteiger partial charge < -0.3 is 10.4 Å². The molecule has 25 heavy (non-hydrogen) atoms. The molecule has 2 aromatic carbocycles. The van der Waals surface area contributed by atoms with Crippen LogP contribution < -0.4 is 10.0 Å². The predicted octanol–water partition coefficient (Wildman–Crippen LogP) is 1.93. The van der Waals surface area contributed by atoms with Crippen molar-refractivity contribution in [3.05, 3.63) is 64.7 Å². The van der Waals surface area contributed by atoms with Crippen LogP contribution in [0.2, 0.25) is 5.02 Å². The van der Waals surface area contributed by atoms with Crippen molar-refractivity contribution in [3.63, 3.8) is 0 Å². The van der Waals surface area contributed by atoms with Gasteiger partial charge in [-0.3, -0.25) is 4.79 Å². The van der Waals surface area contributed by atoms with Gasteiger partial charge in [0.25, 0.3) is 5.91 Å². The Kier molecular flexibility index (Phi) is 6.95. The minimum absolute atomic E-state index is 0.0347. The van der Waals surface area contributed by atoms with Gasteiger partial charge in [0.1, 0.15) is 4.90 Å². The molecule has 0 aliphatic heterocycles. The second kappa shape index (κ2) is 8.96. The molecule has 0 saturated heterocycles. The van der Waals surface area contributed by atoms with Gasteiger partial charge in [-0.05, 0) is 30.2 Å². The number of hydrogen-bond acceptors (Lipinski definition) is 4. The van der Waals surface area contributed by atoms with E-state index < -0.39 is 15.9 Å². The Morgan fingerprint density at radius 1 is 1.12 bits per heavy atom. The van der Waals surface area contributed by atoms with Crippen LogP contribution >= 0.6 is 11.6 Å². The third-order valence-corrected chi connectivity index (χ3v) is 5.30. The van der Waals surface area contributed by atoms with Gasteiger partial charge in [0, 0.05) is 25.3 Å². The van der Waals surface area contributed by atoms with Crippen molar-refractivity contribution in [1.29, 1.82) is 0 Å². The highest BCUT2D eigenvalue weighted by atomic mass is 35.5. The summed E-state index contributed by atoms with van der Waals surface area (Å²) in [6.07, 6.45) is 0.420. The molecule has 0 saturated carbocycles. The quantitative estimate of drug-likeness (QED) is 0.608. The summed E-state index contributed by atoms with van der Waals surface area (Å²) in [6.45, 7) is 0.378. The van der Waals surface area contributed by atoms with E-state index in [1.54, 1.807) is 12.1 Å². The van der Waals surface area contributed by atoms with Crippen molar-refractivity contribution in [3.8, 4) is 0 Å². The van der Waals surface area contributed by atoms with Crippen LogP contribution in [0.4, 0.5) is 0 Å². The van der Waals surface area contributed by atoms with Crippen molar-refractivity contribution in [2.75, 3.05) is 13.2 Å². The molecular formula is C17H19ClN2O4S. The second-order valence-electron chi connectivity index (χ2n) is 5.29. The Hall–Kier alpha value is -1.93. The number of rotatable bonds is 8. The molecule has 0 aliphatic rings. The molecule has 0 unspecified atom stereocenters. The lowest BCUT2D eigenvalue weighted by atomic mass is 10.2. The van der Waals surface area contributed by atoms with Crippen molar-refractivity contribution >= 4 is 27.5 Å². The smallest absolute Gasteiger partial charge is 0.251 e. The summed E-state index contributed by atoms with van der Waals surface area (Å²) in [5.41, 5.74) is 0.988. The summed E-state index contributed by atoms with van der Waals surface area (Å²) in [4.78, 5) is 11.9. The van der Waals surface area contributed by atoms with Gasteiger partial charge in [0.05, 0.1) is 5.02 Å². The molecule has 0 heterocycles. The Bertz CT molecular complexity index is 826. The number of amides is 1. The molecule has 0 aromatic heterocycles. The zero-order valence-corrected chi connectivity index (χ0v) is 15.0. The van der Waals surface area contributed by atoms with E-state index in [-0.39, 0.29) is 28.6 Å². The second-order valence-corrected chi connectivity index (χ2v) is 7.43. The minimum Gasteiger partial charge on any atom is -0.396 e. The number of nitrogens with one attached hydrogen (secondary N) is 2. The van der Waals surface area contributed by atoms with E-state index in [0.29, 0.717) is 13.0 Å². The zero-order valence-electron chi connectivity index (χ0n) is 13.4. The summed E-state index contributed by atoms with van der Waals surface area (Å²) in [5, 5.41) is 11.4. The molecule has 0 aliphatic carbocycles. The number of halogens is 1. The first kappa shape index (κ1) is 19.4. The van der Waals surface area contributed by atoms with Gasteiger partial charge in [0.15, 0.2) is 0 Å². The summed E-state index contributed by atoms with van der Waals surface area (Å²) >= 11 is 6.01. The van der Waals surface area contributed by atoms with Crippen LogP contribution in [0, 0.1) is 0 Å². The van der Waals surface area contributed by atoms with E-state index in [4.69, 9.17) is 16.7 Å². The zero-order chi connectivity index (χ0) is 18.3. The minimum atomic E-state index is -3.87. The van der Waals surface area contributed by atoms with E-state index in [9.17, 15) is 13.2 Å². The van der Waals surface area contributed by atoms with Crippen LogP contribution in [0.3, 0.4) is 0 Å². The number of aliphatic hydroxyl groups excluding tert-OH is 1. The van der Waals surface area contributed by atoms with Crippen molar-refractivity contribution in [2.24, 2.45) is 0 Å². The van der Waals surface area contributed by atoms with Gasteiger partial charge in [0.2, 0.25) is 10.0 Å². The van der Waals surface area contributed by atoms with Crippen LogP contribution in [0.1, 0.15) is 22.3 Å². The van der Waals surface area contributed by atoms with Gasteiger partial charge in [-0.25, -0.2) is 13.1 Å². The van der Waals surface area contributed by atoms with E-state index in [2.05, 4.69) is 10.0 Å². The van der Waals surface area contributed by atoms with Crippen molar-refractivity contribution in [2.45, 2.75) is 17.9 Å². The Balaban J connectivity index is 2.16.